The molecule has 1 saturated heterocycles. The first kappa shape index (κ1) is 20.4. The molecule has 156 valence electrons. The lowest BCUT2D eigenvalue weighted by Gasteiger charge is -2.36. The third-order valence-electron chi connectivity index (χ3n) is 5.51. The lowest BCUT2D eigenvalue weighted by molar-refractivity contribution is -0.137. The van der Waals surface area contributed by atoms with Crippen LogP contribution in [0.2, 0.25) is 0 Å². The average molecular weight is 423 g/mol. The zero-order valence-electron chi connectivity index (χ0n) is 16.1. The summed E-state index contributed by atoms with van der Waals surface area (Å²) in [5, 5.41) is 0. The van der Waals surface area contributed by atoms with Crippen LogP contribution in [0.4, 0.5) is 24.5 Å². The number of nitrogens with zero attached hydrogens (tertiary/aromatic N) is 3. The Morgan fingerprint density at radius 1 is 0.966 bits per heavy atom. The summed E-state index contributed by atoms with van der Waals surface area (Å²) in [7, 11) is 0. The van der Waals surface area contributed by atoms with Gasteiger partial charge in [-0.25, -0.2) is 0 Å². The Labute approximate surface area is 173 Å². The first-order chi connectivity index (χ1) is 13.9. The number of hydrogen-bond acceptors (Lipinski definition) is 5. The zero-order valence-corrected chi connectivity index (χ0v) is 16.9. The minimum atomic E-state index is -4.30. The molecule has 1 unspecified atom stereocenters. The highest BCUT2D eigenvalue weighted by Gasteiger charge is 2.31. The molecule has 0 amide bonds. The van der Waals surface area contributed by atoms with Crippen LogP contribution in [0.25, 0.3) is 0 Å². The molecule has 1 fully saturated rings. The highest BCUT2D eigenvalue weighted by atomic mass is 32.2. The molecular formula is C21H25F3N4S. The summed E-state index contributed by atoms with van der Waals surface area (Å²) in [4.78, 5) is 7.90. The number of alkyl halides is 3. The van der Waals surface area contributed by atoms with E-state index >= 15 is 0 Å². The van der Waals surface area contributed by atoms with Crippen LogP contribution < -0.4 is 15.5 Å². The molecule has 0 bridgehead atoms. The molecule has 2 N–H and O–H groups in total. The summed E-state index contributed by atoms with van der Waals surface area (Å²) >= 11 is 1.69. The standard InChI is InChI=1S/C21H25F3N4S/c22-21(23,24)16-5-3-6-17(15-16)27-13-11-26(12-14-27)9-4-10-28-18-7-1-2-8-19(18)29-20(28)25/h1-3,5-8,15,20H,4,9-14,25H2. The van der Waals surface area contributed by atoms with E-state index in [0.717, 1.165) is 51.8 Å². The van der Waals surface area contributed by atoms with Crippen molar-refractivity contribution in [3.63, 3.8) is 0 Å². The molecule has 2 aliphatic rings. The van der Waals surface area contributed by atoms with Gasteiger partial charge in [0.2, 0.25) is 0 Å². The van der Waals surface area contributed by atoms with Gasteiger partial charge in [-0.1, -0.05) is 30.0 Å². The quantitative estimate of drug-likeness (QED) is 0.786. The molecule has 0 aromatic heterocycles. The van der Waals surface area contributed by atoms with Crippen molar-refractivity contribution in [1.29, 1.82) is 0 Å². The van der Waals surface area contributed by atoms with E-state index in [1.807, 2.05) is 17.0 Å². The Morgan fingerprint density at radius 3 is 2.48 bits per heavy atom. The molecule has 4 nitrogen and oxygen atoms in total. The van der Waals surface area contributed by atoms with Gasteiger partial charge in [0.05, 0.1) is 11.3 Å². The van der Waals surface area contributed by atoms with Crippen LogP contribution in [0, 0.1) is 0 Å². The second kappa shape index (κ2) is 8.45. The number of fused-ring (bicyclic) bond motifs is 1. The second-order valence-electron chi connectivity index (χ2n) is 7.40. The maximum atomic E-state index is 12.9. The topological polar surface area (TPSA) is 35.7 Å². The number of hydrogen-bond donors (Lipinski definition) is 1. The molecule has 0 spiro atoms. The van der Waals surface area contributed by atoms with Crippen molar-refractivity contribution in [2.45, 2.75) is 23.0 Å². The molecule has 0 radical (unpaired) electrons. The molecule has 2 heterocycles. The molecule has 2 aromatic carbocycles. The number of thioether (sulfide) groups is 1. The van der Waals surface area contributed by atoms with Crippen LogP contribution >= 0.6 is 11.8 Å². The number of nitrogens with two attached hydrogens (primary N) is 1. The van der Waals surface area contributed by atoms with E-state index in [4.69, 9.17) is 5.73 Å². The van der Waals surface area contributed by atoms with Crippen molar-refractivity contribution in [1.82, 2.24) is 4.90 Å². The number of halogens is 3. The normalized spacial score (nSPS) is 20.2. The summed E-state index contributed by atoms with van der Waals surface area (Å²) in [6.45, 7) is 5.05. The Bertz CT molecular complexity index is 837. The fraction of sp³-hybridized carbons (Fsp3) is 0.429. The molecule has 4 rings (SSSR count). The lowest BCUT2D eigenvalue weighted by atomic mass is 10.1. The van der Waals surface area contributed by atoms with Crippen molar-refractivity contribution in [2.24, 2.45) is 5.73 Å². The minimum Gasteiger partial charge on any atom is -0.369 e. The molecule has 1 atom stereocenters. The number of benzene rings is 2. The van der Waals surface area contributed by atoms with E-state index in [1.165, 1.54) is 22.7 Å². The Hall–Kier alpha value is -1.90. The maximum absolute atomic E-state index is 12.9. The van der Waals surface area contributed by atoms with Crippen LogP contribution in [0.5, 0.6) is 0 Å². The van der Waals surface area contributed by atoms with Gasteiger partial charge < -0.3 is 15.5 Å². The molecule has 2 aliphatic heterocycles. The van der Waals surface area contributed by atoms with E-state index in [1.54, 1.807) is 17.8 Å². The van der Waals surface area contributed by atoms with E-state index in [2.05, 4.69) is 21.9 Å². The average Bonchev–Trinajstić information content (AvgIpc) is 3.03. The summed E-state index contributed by atoms with van der Waals surface area (Å²) in [5.74, 6) is 0. The van der Waals surface area contributed by atoms with E-state index < -0.39 is 11.7 Å². The first-order valence-corrected chi connectivity index (χ1v) is 10.7. The highest BCUT2D eigenvalue weighted by molar-refractivity contribution is 8.00. The van der Waals surface area contributed by atoms with E-state index in [9.17, 15) is 13.2 Å². The Balaban J connectivity index is 1.26. The summed E-state index contributed by atoms with van der Waals surface area (Å²) < 4.78 is 38.8. The van der Waals surface area contributed by atoms with Gasteiger partial charge in [-0.05, 0) is 43.3 Å². The maximum Gasteiger partial charge on any atom is 0.416 e. The fourth-order valence-corrected chi connectivity index (χ4v) is 5.02. The largest absolute Gasteiger partial charge is 0.416 e. The van der Waals surface area contributed by atoms with E-state index in [-0.39, 0.29) is 5.50 Å². The van der Waals surface area contributed by atoms with Crippen LogP contribution in [0.3, 0.4) is 0 Å². The Kier molecular flexibility index (Phi) is 5.94. The van der Waals surface area contributed by atoms with Crippen LogP contribution in [-0.2, 0) is 6.18 Å². The van der Waals surface area contributed by atoms with Crippen LogP contribution in [0.1, 0.15) is 12.0 Å². The molecular weight excluding hydrogens is 397 g/mol. The SMILES string of the molecule is NC1Sc2ccccc2N1CCCN1CCN(c2cccc(C(F)(F)F)c2)CC1. The highest BCUT2D eigenvalue weighted by Crippen LogP contribution is 2.41. The lowest BCUT2D eigenvalue weighted by Crippen LogP contribution is -2.47. The van der Waals surface area contributed by atoms with Gasteiger partial charge in [0.1, 0.15) is 5.50 Å². The molecule has 29 heavy (non-hydrogen) atoms. The Morgan fingerprint density at radius 2 is 1.72 bits per heavy atom. The third-order valence-corrected chi connectivity index (χ3v) is 6.61. The van der Waals surface area contributed by atoms with E-state index in [0.29, 0.717) is 5.69 Å². The molecule has 0 aliphatic carbocycles. The van der Waals surface area contributed by atoms with Gasteiger partial charge in [0, 0.05) is 43.3 Å². The number of piperazine rings is 1. The number of rotatable bonds is 5. The van der Waals surface area contributed by atoms with Crippen molar-refractivity contribution < 1.29 is 13.2 Å². The second-order valence-corrected chi connectivity index (χ2v) is 8.56. The van der Waals surface area contributed by atoms with Crippen molar-refractivity contribution >= 4 is 23.1 Å². The van der Waals surface area contributed by atoms with Gasteiger partial charge in [0.25, 0.3) is 0 Å². The monoisotopic (exact) mass is 422 g/mol. The molecule has 2 aromatic rings. The predicted octanol–water partition coefficient (Wildman–Crippen LogP) is 4.07. The molecule has 8 heteroatoms. The first-order valence-electron chi connectivity index (χ1n) is 9.84. The van der Waals surface area contributed by atoms with Gasteiger partial charge in [-0.2, -0.15) is 13.2 Å². The summed E-state index contributed by atoms with van der Waals surface area (Å²) in [6, 6.07) is 13.9. The van der Waals surface area contributed by atoms with Gasteiger partial charge in [0.15, 0.2) is 0 Å². The van der Waals surface area contributed by atoms with Crippen molar-refractivity contribution in [2.75, 3.05) is 49.1 Å². The van der Waals surface area contributed by atoms with Crippen LogP contribution in [-0.4, -0.2) is 49.7 Å². The van der Waals surface area contributed by atoms with Gasteiger partial charge in [-0.3, -0.25) is 4.90 Å². The van der Waals surface area contributed by atoms with Crippen molar-refractivity contribution in [3.05, 3.63) is 54.1 Å². The zero-order chi connectivity index (χ0) is 20.4. The minimum absolute atomic E-state index is 0.0369. The summed E-state index contributed by atoms with van der Waals surface area (Å²) in [5.41, 5.74) is 7.50. The van der Waals surface area contributed by atoms with Crippen LogP contribution in [0.15, 0.2) is 53.4 Å². The van der Waals surface area contributed by atoms with Gasteiger partial charge in [-0.15, -0.1) is 0 Å². The third kappa shape index (κ3) is 4.65. The predicted molar refractivity (Wildman–Crippen MR) is 112 cm³/mol. The fourth-order valence-electron chi connectivity index (χ4n) is 3.95. The molecule has 0 saturated carbocycles. The number of para-hydroxylation sites is 1. The van der Waals surface area contributed by atoms with Gasteiger partial charge >= 0.3 is 6.18 Å². The van der Waals surface area contributed by atoms with Crippen molar-refractivity contribution in [3.8, 4) is 0 Å². The summed E-state index contributed by atoms with van der Waals surface area (Å²) in [6.07, 6.45) is -3.29. The smallest absolute Gasteiger partial charge is 0.369 e. The number of anilines is 2.